The van der Waals surface area contributed by atoms with E-state index in [1.807, 2.05) is 0 Å². The van der Waals surface area contributed by atoms with Gasteiger partial charge in [0.05, 0.1) is 18.6 Å². The van der Waals surface area contributed by atoms with Gasteiger partial charge in [0.1, 0.15) is 6.61 Å². The lowest BCUT2D eigenvalue weighted by molar-refractivity contribution is 0.202. The van der Waals surface area contributed by atoms with Crippen LogP contribution in [0.3, 0.4) is 0 Å². The maximum atomic E-state index is 10.6. The summed E-state index contributed by atoms with van der Waals surface area (Å²) in [7, 11) is -4.49. The van der Waals surface area contributed by atoms with Crippen LogP contribution in [0, 0.1) is 0 Å². The van der Waals surface area contributed by atoms with Crippen LogP contribution in [0.25, 0.3) is 0 Å². The van der Waals surface area contributed by atoms with E-state index in [0.29, 0.717) is 12.3 Å². The standard InChI is InChI=1S/C13H17N4O5P/c18-23(19,20)22-10-2-13-12-16-5-4-15-8-11-21-9-1-3-14-6-7-17-13/h1,3-9,12H,2,10-11H2,(H2,18,19,20). The molecule has 0 radical (unpaired) electrons. The average molecular weight is 340 g/mol. The number of hydrogen-bond donors (Lipinski definition) is 2. The molecule has 0 unspecified atom stereocenters. The normalized spacial score (nSPS) is 16.3. The number of hydrogen-bond acceptors (Lipinski definition) is 7. The molecule has 0 saturated heterocycles. The number of ether oxygens (including phenoxy) is 1. The molecule has 0 atom stereocenters. The zero-order valence-electron chi connectivity index (χ0n) is 12.2. The number of phosphoric ester groups is 1. The Kier molecular flexibility index (Phi) is 9.34. The largest absolute Gasteiger partial charge is 0.495 e. The van der Waals surface area contributed by atoms with E-state index in [9.17, 15) is 4.57 Å². The van der Waals surface area contributed by atoms with Crippen molar-refractivity contribution in [3.8, 4) is 0 Å². The van der Waals surface area contributed by atoms with Crippen LogP contribution in [-0.4, -0.2) is 47.4 Å². The number of aliphatic imine (C=N–C) groups is 4. The molecule has 1 heterocycles. The van der Waals surface area contributed by atoms with Crippen molar-refractivity contribution in [2.24, 2.45) is 20.0 Å². The highest BCUT2D eigenvalue weighted by Gasteiger charge is 2.13. The number of phosphoric acid groups is 1. The van der Waals surface area contributed by atoms with Gasteiger partial charge in [-0.1, -0.05) is 0 Å². The zero-order chi connectivity index (χ0) is 16.8. The van der Waals surface area contributed by atoms with Crippen LogP contribution >= 0.6 is 7.82 Å². The first-order valence-electron chi connectivity index (χ1n) is 6.49. The van der Waals surface area contributed by atoms with Gasteiger partial charge in [-0.25, -0.2) is 4.57 Å². The van der Waals surface area contributed by atoms with E-state index >= 15 is 0 Å². The molecule has 0 spiro atoms. The molecule has 0 saturated carbocycles. The summed E-state index contributed by atoms with van der Waals surface area (Å²) in [5.41, 5.74) is 0.462. The molecule has 1 aliphatic heterocycles. The predicted octanol–water partition coefficient (Wildman–Crippen LogP) is 1.63. The Morgan fingerprint density at radius 1 is 1.17 bits per heavy atom. The van der Waals surface area contributed by atoms with Crippen molar-refractivity contribution in [1.82, 2.24) is 0 Å². The predicted molar refractivity (Wildman–Crippen MR) is 88.9 cm³/mol. The van der Waals surface area contributed by atoms with Crippen LogP contribution in [0.15, 0.2) is 57.1 Å². The van der Waals surface area contributed by atoms with Crippen LogP contribution in [0.2, 0.25) is 0 Å². The number of rotatable bonds is 4. The minimum absolute atomic E-state index is 0.174. The first kappa shape index (κ1) is 18.9. The fraction of sp³-hybridized carbons (Fsp3) is 0.231. The quantitative estimate of drug-likeness (QED) is 0.752. The van der Waals surface area contributed by atoms with Gasteiger partial charge in [0.15, 0.2) is 0 Å². The second-order valence-electron chi connectivity index (χ2n) is 3.86. The Morgan fingerprint density at radius 2 is 1.96 bits per heavy atom. The van der Waals surface area contributed by atoms with Gasteiger partial charge >= 0.3 is 7.82 Å². The van der Waals surface area contributed by atoms with Crippen molar-refractivity contribution in [1.29, 1.82) is 0 Å². The third-order valence-electron chi connectivity index (χ3n) is 2.10. The fourth-order valence-electron chi connectivity index (χ4n) is 1.20. The molecular formula is C13H17N4O5P. The van der Waals surface area contributed by atoms with E-state index < -0.39 is 7.82 Å². The lowest BCUT2D eigenvalue weighted by Gasteiger charge is -2.04. The molecule has 1 aliphatic rings. The molecule has 0 amide bonds. The fourth-order valence-corrected chi connectivity index (χ4v) is 1.53. The second kappa shape index (κ2) is 11.4. The SMILES string of the molecule is O=P(O)(O)OCCC1=NC=CN=CC=COCC=NC=CN=C1. The summed E-state index contributed by atoms with van der Waals surface area (Å²) >= 11 is 0. The van der Waals surface area contributed by atoms with Crippen molar-refractivity contribution >= 4 is 32.2 Å². The lowest BCUT2D eigenvalue weighted by atomic mass is 10.3. The topological polar surface area (TPSA) is 125 Å². The van der Waals surface area contributed by atoms with Gasteiger partial charge in [-0.15, -0.1) is 0 Å². The maximum Gasteiger partial charge on any atom is 0.469 e. The molecular weight excluding hydrogens is 323 g/mol. The molecule has 0 aliphatic carbocycles. The molecule has 1 rings (SSSR count). The summed E-state index contributed by atoms with van der Waals surface area (Å²) in [6.45, 7) is 0.134. The summed E-state index contributed by atoms with van der Waals surface area (Å²) in [5.74, 6) is 0. The summed E-state index contributed by atoms with van der Waals surface area (Å²) in [6, 6.07) is 0. The smallest absolute Gasteiger partial charge is 0.469 e. The molecule has 10 heteroatoms. The third-order valence-corrected chi connectivity index (χ3v) is 2.62. The van der Waals surface area contributed by atoms with Crippen molar-refractivity contribution in [2.45, 2.75) is 6.42 Å². The maximum absolute atomic E-state index is 10.6. The Labute approximate surface area is 133 Å². The third kappa shape index (κ3) is 12.1. The van der Waals surface area contributed by atoms with Crippen LogP contribution in [0.5, 0.6) is 0 Å². The highest BCUT2D eigenvalue weighted by atomic mass is 31.2. The van der Waals surface area contributed by atoms with Gasteiger partial charge in [0.2, 0.25) is 0 Å². The molecule has 0 fully saturated rings. The Bertz CT molecular complexity index is 601. The molecule has 124 valence electrons. The monoisotopic (exact) mass is 340 g/mol. The molecule has 2 N–H and O–H groups in total. The van der Waals surface area contributed by atoms with Crippen LogP contribution in [-0.2, 0) is 13.8 Å². The van der Waals surface area contributed by atoms with Gasteiger partial charge in [-0.2, -0.15) is 0 Å². The Hall–Kier alpha value is -2.19. The minimum atomic E-state index is -4.49. The zero-order valence-corrected chi connectivity index (χ0v) is 13.1. The van der Waals surface area contributed by atoms with Crippen LogP contribution < -0.4 is 0 Å². The summed E-state index contributed by atoms with van der Waals surface area (Å²) in [4.78, 5) is 33.2. The number of allylic oxidation sites excluding steroid dienone is 1. The van der Waals surface area contributed by atoms with Crippen molar-refractivity contribution in [3.63, 3.8) is 0 Å². The highest BCUT2D eigenvalue weighted by molar-refractivity contribution is 7.46. The molecule has 9 nitrogen and oxygen atoms in total. The van der Waals surface area contributed by atoms with Gasteiger partial charge in [0, 0.05) is 49.9 Å². The minimum Gasteiger partial charge on any atom is -0.495 e. The Balaban J connectivity index is 2.74. The summed E-state index contributed by atoms with van der Waals surface area (Å²) < 4.78 is 20.1. The van der Waals surface area contributed by atoms with Crippen molar-refractivity contribution < 1.29 is 23.6 Å². The molecule has 0 aromatic heterocycles. The van der Waals surface area contributed by atoms with Gasteiger partial charge < -0.3 is 14.5 Å². The van der Waals surface area contributed by atoms with Crippen LogP contribution in [0.1, 0.15) is 6.42 Å². The molecule has 23 heavy (non-hydrogen) atoms. The van der Waals surface area contributed by atoms with Gasteiger partial charge in [0.25, 0.3) is 0 Å². The average Bonchev–Trinajstić information content (AvgIpc) is 2.47. The van der Waals surface area contributed by atoms with E-state index in [1.54, 1.807) is 12.3 Å². The number of nitrogens with zero attached hydrogens (tertiary/aromatic N) is 4. The second-order valence-corrected chi connectivity index (χ2v) is 5.10. The van der Waals surface area contributed by atoms with Crippen molar-refractivity contribution in [2.75, 3.05) is 13.2 Å². The van der Waals surface area contributed by atoms with Gasteiger partial charge in [-0.3, -0.25) is 24.5 Å². The van der Waals surface area contributed by atoms with E-state index in [4.69, 9.17) is 14.5 Å². The summed E-state index contributed by atoms with van der Waals surface area (Å²) in [6.07, 6.45) is 13.6. The first-order chi connectivity index (χ1) is 11.1. The summed E-state index contributed by atoms with van der Waals surface area (Å²) in [5, 5.41) is 0. The van der Waals surface area contributed by atoms with Gasteiger partial charge in [-0.05, 0) is 6.08 Å². The van der Waals surface area contributed by atoms with Crippen LogP contribution in [0.4, 0.5) is 0 Å². The molecule has 0 aromatic rings. The Morgan fingerprint density at radius 3 is 2.78 bits per heavy atom. The highest BCUT2D eigenvalue weighted by Crippen LogP contribution is 2.35. The van der Waals surface area contributed by atoms with E-state index in [1.165, 1.54) is 43.5 Å². The van der Waals surface area contributed by atoms with Crippen molar-refractivity contribution in [3.05, 3.63) is 37.1 Å². The van der Waals surface area contributed by atoms with E-state index in [0.717, 1.165) is 0 Å². The first-order valence-corrected chi connectivity index (χ1v) is 8.02. The molecule has 0 aromatic carbocycles. The van der Waals surface area contributed by atoms with E-state index in [-0.39, 0.29) is 13.0 Å². The van der Waals surface area contributed by atoms with E-state index in [2.05, 4.69) is 24.5 Å². The molecule has 0 bridgehead atoms. The lowest BCUT2D eigenvalue weighted by Crippen LogP contribution is -2.04.